The highest BCUT2D eigenvalue weighted by atomic mass is 32.1. The highest BCUT2D eigenvalue weighted by Crippen LogP contribution is 2.31. The molecule has 0 aromatic carbocycles. The van der Waals surface area contributed by atoms with Gasteiger partial charge in [-0.05, 0) is 46.5 Å². The maximum Gasteiger partial charge on any atom is 0.408 e. The molecule has 0 saturated heterocycles. The molecule has 1 atom stereocenters. The predicted molar refractivity (Wildman–Crippen MR) is 92.5 cm³/mol. The van der Waals surface area contributed by atoms with Crippen molar-refractivity contribution in [1.82, 2.24) is 5.32 Å². The van der Waals surface area contributed by atoms with Crippen LogP contribution >= 0.6 is 12.6 Å². The summed E-state index contributed by atoms with van der Waals surface area (Å²) in [6.07, 6.45) is 6.19. The molecular weight excluding hydrogens is 298 g/mol. The number of hydrogen-bond donors (Lipinski definition) is 2. The van der Waals surface area contributed by atoms with Crippen molar-refractivity contribution in [3.05, 3.63) is 0 Å². The van der Waals surface area contributed by atoms with Gasteiger partial charge in [-0.25, -0.2) is 4.79 Å². The van der Waals surface area contributed by atoms with Gasteiger partial charge < -0.3 is 10.1 Å². The number of hydrogen-bond acceptors (Lipinski definition) is 4. The van der Waals surface area contributed by atoms with Crippen LogP contribution < -0.4 is 5.32 Å². The summed E-state index contributed by atoms with van der Waals surface area (Å²) in [5, 5.41) is 3.14. The molecule has 128 valence electrons. The van der Waals surface area contributed by atoms with E-state index in [-0.39, 0.29) is 11.0 Å². The highest BCUT2D eigenvalue weighted by molar-refractivity contribution is 7.80. The van der Waals surface area contributed by atoms with E-state index < -0.39 is 17.2 Å². The highest BCUT2D eigenvalue weighted by Gasteiger charge is 2.41. The molecule has 0 aliphatic heterocycles. The van der Waals surface area contributed by atoms with Crippen molar-refractivity contribution in [3.8, 4) is 0 Å². The van der Waals surface area contributed by atoms with E-state index >= 15 is 0 Å². The Morgan fingerprint density at radius 1 is 1.23 bits per heavy atom. The number of Topliss-reactive ketones (excluding diaryl/α,β-unsaturated/α-hetero) is 1. The number of rotatable bonds is 6. The summed E-state index contributed by atoms with van der Waals surface area (Å²) < 4.78 is 5.35. The molecule has 1 aliphatic carbocycles. The quantitative estimate of drug-likeness (QED) is 0.715. The SMILES string of the molecule is CCC(S)CCC(=O)C1(NC(=O)OC(C)(C)C)CCCCC1. The van der Waals surface area contributed by atoms with Gasteiger partial charge in [0.1, 0.15) is 11.1 Å². The van der Waals surface area contributed by atoms with Crippen LogP contribution in [0, 0.1) is 0 Å². The summed E-state index contributed by atoms with van der Waals surface area (Å²) >= 11 is 4.46. The lowest BCUT2D eigenvalue weighted by atomic mass is 9.77. The second kappa shape index (κ2) is 8.23. The number of nitrogens with one attached hydrogen (secondary N) is 1. The van der Waals surface area contributed by atoms with Crippen LogP contribution in [-0.2, 0) is 9.53 Å². The zero-order valence-electron chi connectivity index (χ0n) is 14.4. The Labute approximate surface area is 140 Å². The Morgan fingerprint density at radius 2 is 1.82 bits per heavy atom. The third-order valence-electron chi connectivity index (χ3n) is 4.16. The van der Waals surface area contributed by atoms with Gasteiger partial charge in [0.15, 0.2) is 5.78 Å². The topological polar surface area (TPSA) is 55.4 Å². The smallest absolute Gasteiger partial charge is 0.408 e. The minimum absolute atomic E-state index is 0.130. The molecule has 0 aromatic rings. The summed E-state index contributed by atoms with van der Waals surface area (Å²) in [5.41, 5.74) is -1.29. The van der Waals surface area contributed by atoms with Crippen LogP contribution in [0.1, 0.15) is 79.1 Å². The van der Waals surface area contributed by atoms with Crippen molar-refractivity contribution in [2.75, 3.05) is 0 Å². The predicted octanol–water partition coefficient (Wildman–Crippen LogP) is 4.27. The number of thiol groups is 1. The van der Waals surface area contributed by atoms with Crippen LogP contribution in [0.3, 0.4) is 0 Å². The van der Waals surface area contributed by atoms with Crippen LogP contribution in [0.2, 0.25) is 0 Å². The number of carbonyl (C=O) groups excluding carboxylic acids is 2. The first-order valence-electron chi connectivity index (χ1n) is 8.41. The average Bonchev–Trinajstić information content (AvgIpc) is 2.43. The Hall–Kier alpha value is -0.710. The molecule has 0 heterocycles. The fourth-order valence-corrected chi connectivity index (χ4v) is 3.00. The van der Waals surface area contributed by atoms with Gasteiger partial charge >= 0.3 is 6.09 Å². The zero-order valence-corrected chi connectivity index (χ0v) is 15.3. The van der Waals surface area contributed by atoms with E-state index in [0.717, 1.165) is 32.1 Å². The van der Waals surface area contributed by atoms with Crippen molar-refractivity contribution in [2.45, 2.75) is 95.5 Å². The van der Waals surface area contributed by atoms with E-state index in [4.69, 9.17) is 4.74 Å². The van der Waals surface area contributed by atoms with Crippen LogP contribution in [0.5, 0.6) is 0 Å². The van der Waals surface area contributed by atoms with Crippen LogP contribution in [0.15, 0.2) is 0 Å². The number of amides is 1. The van der Waals surface area contributed by atoms with Gasteiger partial charge in [-0.3, -0.25) is 4.79 Å². The largest absolute Gasteiger partial charge is 0.444 e. The minimum atomic E-state index is -0.734. The van der Waals surface area contributed by atoms with Crippen LogP contribution in [0.25, 0.3) is 0 Å². The fourth-order valence-electron chi connectivity index (χ4n) is 2.87. The molecule has 0 aromatic heterocycles. The molecule has 1 aliphatic rings. The maximum absolute atomic E-state index is 12.7. The Morgan fingerprint density at radius 3 is 2.32 bits per heavy atom. The first-order valence-corrected chi connectivity index (χ1v) is 8.93. The van der Waals surface area contributed by atoms with Gasteiger partial charge in [0.2, 0.25) is 0 Å². The number of alkyl carbamates (subject to hydrolysis) is 1. The number of carbonyl (C=O) groups is 2. The van der Waals surface area contributed by atoms with Crippen molar-refractivity contribution in [2.24, 2.45) is 0 Å². The molecule has 1 N–H and O–H groups in total. The van der Waals surface area contributed by atoms with Crippen molar-refractivity contribution in [3.63, 3.8) is 0 Å². The summed E-state index contributed by atoms with van der Waals surface area (Å²) in [7, 11) is 0. The minimum Gasteiger partial charge on any atom is -0.444 e. The molecule has 0 spiro atoms. The van der Waals surface area contributed by atoms with Gasteiger partial charge in [-0.1, -0.05) is 26.2 Å². The first-order chi connectivity index (χ1) is 10.2. The van der Waals surface area contributed by atoms with Crippen molar-refractivity contribution in [1.29, 1.82) is 0 Å². The molecule has 1 rings (SSSR count). The Balaban J connectivity index is 2.72. The lowest BCUT2D eigenvalue weighted by molar-refractivity contribution is -0.127. The maximum atomic E-state index is 12.7. The first kappa shape index (κ1) is 19.3. The number of ether oxygens (including phenoxy) is 1. The fraction of sp³-hybridized carbons (Fsp3) is 0.882. The van der Waals surface area contributed by atoms with Gasteiger partial charge in [0.25, 0.3) is 0 Å². The molecule has 1 fully saturated rings. The molecule has 5 heteroatoms. The molecule has 1 amide bonds. The molecule has 1 unspecified atom stereocenters. The Kier molecular flexibility index (Phi) is 7.23. The average molecular weight is 330 g/mol. The standard InChI is InChI=1S/C17H31NO3S/c1-5-13(22)9-10-14(19)17(11-7-6-8-12-17)18-15(20)21-16(2,3)4/h13,22H,5-12H2,1-4H3,(H,18,20). The van der Waals surface area contributed by atoms with E-state index in [0.29, 0.717) is 19.3 Å². The zero-order chi connectivity index (χ0) is 16.8. The lowest BCUT2D eigenvalue weighted by Crippen LogP contribution is -2.56. The normalized spacial score (nSPS) is 19.3. The summed E-state index contributed by atoms with van der Waals surface area (Å²) in [5.74, 6) is 0.130. The second-order valence-electron chi connectivity index (χ2n) is 7.29. The molecule has 0 radical (unpaired) electrons. The van der Waals surface area contributed by atoms with Crippen LogP contribution in [-0.4, -0.2) is 28.3 Å². The van der Waals surface area contributed by atoms with E-state index in [2.05, 4.69) is 24.9 Å². The van der Waals surface area contributed by atoms with Gasteiger partial charge in [0.05, 0.1) is 0 Å². The van der Waals surface area contributed by atoms with Crippen molar-refractivity contribution >= 4 is 24.5 Å². The van der Waals surface area contributed by atoms with Gasteiger partial charge in [0, 0.05) is 11.7 Å². The molecule has 22 heavy (non-hydrogen) atoms. The summed E-state index contributed by atoms with van der Waals surface area (Å²) in [6, 6.07) is 0. The molecule has 1 saturated carbocycles. The van der Waals surface area contributed by atoms with E-state index in [1.165, 1.54) is 0 Å². The monoisotopic (exact) mass is 329 g/mol. The van der Waals surface area contributed by atoms with E-state index in [1.54, 1.807) is 0 Å². The van der Waals surface area contributed by atoms with Crippen LogP contribution in [0.4, 0.5) is 4.79 Å². The third kappa shape index (κ3) is 6.19. The molecule has 4 nitrogen and oxygen atoms in total. The number of ketones is 1. The van der Waals surface area contributed by atoms with E-state index in [9.17, 15) is 9.59 Å². The molecular formula is C17H31NO3S. The van der Waals surface area contributed by atoms with Crippen molar-refractivity contribution < 1.29 is 14.3 Å². The summed E-state index contributed by atoms with van der Waals surface area (Å²) in [4.78, 5) is 24.9. The third-order valence-corrected chi connectivity index (χ3v) is 4.78. The Bertz CT molecular complexity index is 384. The van der Waals surface area contributed by atoms with Gasteiger partial charge in [-0.15, -0.1) is 0 Å². The van der Waals surface area contributed by atoms with Gasteiger partial charge in [-0.2, -0.15) is 12.6 Å². The van der Waals surface area contributed by atoms with E-state index in [1.807, 2.05) is 20.8 Å². The second-order valence-corrected chi connectivity index (χ2v) is 8.02. The lowest BCUT2D eigenvalue weighted by Gasteiger charge is -2.37. The summed E-state index contributed by atoms with van der Waals surface area (Å²) in [6.45, 7) is 7.55. The molecule has 0 bridgehead atoms.